The summed E-state index contributed by atoms with van der Waals surface area (Å²) in [6.07, 6.45) is 10.0. The van der Waals surface area contributed by atoms with E-state index >= 15 is 0 Å². The standard InChI is InChI=1S/C17H33NO2/c1-4-5-9-15(3)18-11-17(19)13-20-12-16-10-7-6-8-14(16)2/h6-7,14-19H,4-5,8-13H2,1-3H3. The van der Waals surface area contributed by atoms with E-state index in [-0.39, 0.29) is 0 Å². The molecule has 0 aromatic heterocycles. The van der Waals surface area contributed by atoms with Crippen molar-refractivity contribution in [2.45, 2.75) is 65.0 Å². The summed E-state index contributed by atoms with van der Waals surface area (Å²) in [7, 11) is 0. The smallest absolute Gasteiger partial charge is 0.0897 e. The van der Waals surface area contributed by atoms with Gasteiger partial charge < -0.3 is 15.2 Å². The lowest BCUT2D eigenvalue weighted by Gasteiger charge is -2.25. The van der Waals surface area contributed by atoms with Crippen LogP contribution >= 0.6 is 0 Å². The number of allylic oxidation sites excluding steroid dienone is 2. The van der Waals surface area contributed by atoms with Crippen molar-refractivity contribution >= 4 is 0 Å². The normalized spacial score (nSPS) is 25.6. The topological polar surface area (TPSA) is 41.5 Å². The lowest BCUT2D eigenvalue weighted by atomic mass is 9.85. The first-order valence-corrected chi connectivity index (χ1v) is 8.27. The fraction of sp³-hybridized carbons (Fsp3) is 0.882. The molecule has 0 spiro atoms. The molecule has 20 heavy (non-hydrogen) atoms. The zero-order valence-electron chi connectivity index (χ0n) is 13.5. The van der Waals surface area contributed by atoms with Crippen LogP contribution in [0.4, 0.5) is 0 Å². The highest BCUT2D eigenvalue weighted by atomic mass is 16.5. The third-order valence-corrected chi connectivity index (χ3v) is 4.25. The summed E-state index contributed by atoms with van der Waals surface area (Å²) in [4.78, 5) is 0. The number of aliphatic hydroxyl groups is 1. The van der Waals surface area contributed by atoms with E-state index < -0.39 is 6.10 Å². The van der Waals surface area contributed by atoms with Crippen molar-refractivity contribution in [3.05, 3.63) is 12.2 Å². The van der Waals surface area contributed by atoms with Crippen LogP contribution in [0.5, 0.6) is 0 Å². The highest BCUT2D eigenvalue weighted by Gasteiger charge is 2.18. The Bertz CT molecular complexity index is 268. The number of aliphatic hydroxyl groups excluding tert-OH is 1. The van der Waals surface area contributed by atoms with Crippen LogP contribution in [0.25, 0.3) is 0 Å². The summed E-state index contributed by atoms with van der Waals surface area (Å²) in [5.74, 6) is 1.31. The zero-order valence-corrected chi connectivity index (χ0v) is 13.5. The van der Waals surface area contributed by atoms with Gasteiger partial charge in [0, 0.05) is 12.6 Å². The molecule has 2 N–H and O–H groups in total. The Morgan fingerprint density at radius 2 is 2.10 bits per heavy atom. The average molecular weight is 283 g/mol. The second-order valence-corrected chi connectivity index (χ2v) is 6.32. The van der Waals surface area contributed by atoms with Crippen LogP contribution in [0.15, 0.2) is 12.2 Å². The summed E-state index contributed by atoms with van der Waals surface area (Å²) < 4.78 is 5.69. The predicted molar refractivity (Wildman–Crippen MR) is 84.8 cm³/mol. The quantitative estimate of drug-likeness (QED) is 0.605. The zero-order chi connectivity index (χ0) is 14.8. The molecule has 4 unspecified atom stereocenters. The molecule has 118 valence electrons. The largest absolute Gasteiger partial charge is 0.389 e. The lowest BCUT2D eigenvalue weighted by molar-refractivity contribution is 0.0120. The monoisotopic (exact) mass is 283 g/mol. The van der Waals surface area contributed by atoms with Gasteiger partial charge in [-0.05, 0) is 38.0 Å². The molecule has 3 heteroatoms. The Morgan fingerprint density at radius 3 is 2.80 bits per heavy atom. The molecule has 4 atom stereocenters. The van der Waals surface area contributed by atoms with Crippen molar-refractivity contribution < 1.29 is 9.84 Å². The molecule has 0 aliphatic heterocycles. The van der Waals surface area contributed by atoms with Gasteiger partial charge in [0.1, 0.15) is 0 Å². The molecule has 0 aromatic carbocycles. The number of nitrogens with one attached hydrogen (secondary N) is 1. The highest BCUT2D eigenvalue weighted by molar-refractivity contribution is 4.93. The maximum atomic E-state index is 9.92. The van der Waals surface area contributed by atoms with E-state index in [4.69, 9.17) is 4.74 Å². The second-order valence-electron chi connectivity index (χ2n) is 6.32. The lowest BCUT2D eigenvalue weighted by Crippen LogP contribution is -2.36. The molecule has 1 rings (SSSR count). The summed E-state index contributed by atoms with van der Waals surface area (Å²) in [5.41, 5.74) is 0. The van der Waals surface area contributed by atoms with Gasteiger partial charge in [-0.15, -0.1) is 0 Å². The van der Waals surface area contributed by atoms with Crippen LogP contribution in [-0.4, -0.2) is 37.0 Å². The third kappa shape index (κ3) is 7.41. The summed E-state index contributed by atoms with van der Waals surface area (Å²) in [6, 6.07) is 0.480. The molecule has 0 fully saturated rings. The Hall–Kier alpha value is -0.380. The predicted octanol–water partition coefficient (Wildman–Crippen LogP) is 3.13. The minimum absolute atomic E-state index is 0.395. The first kappa shape index (κ1) is 17.7. The van der Waals surface area contributed by atoms with Crippen molar-refractivity contribution in [1.29, 1.82) is 0 Å². The minimum Gasteiger partial charge on any atom is -0.389 e. The Kier molecular flexibility index (Phi) is 9.16. The van der Waals surface area contributed by atoms with Gasteiger partial charge in [0.2, 0.25) is 0 Å². The van der Waals surface area contributed by atoms with Crippen LogP contribution in [0.1, 0.15) is 52.9 Å². The summed E-state index contributed by atoms with van der Waals surface area (Å²) in [6.45, 7) is 8.51. The van der Waals surface area contributed by atoms with Gasteiger partial charge in [0.25, 0.3) is 0 Å². The van der Waals surface area contributed by atoms with Crippen molar-refractivity contribution in [3.8, 4) is 0 Å². The van der Waals surface area contributed by atoms with Crippen LogP contribution in [0.3, 0.4) is 0 Å². The maximum absolute atomic E-state index is 9.92. The van der Waals surface area contributed by atoms with Crippen LogP contribution < -0.4 is 5.32 Å². The number of ether oxygens (including phenoxy) is 1. The molecule has 0 aromatic rings. The van der Waals surface area contributed by atoms with Crippen LogP contribution in [0, 0.1) is 11.8 Å². The first-order chi connectivity index (χ1) is 9.63. The Labute approximate surface area is 124 Å². The minimum atomic E-state index is -0.395. The fourth-order valence-electron chi connectivity index (χ4n) is 2.60. The van der Waals surface area contributed by atoms with Gasteiger partial charge in [-0.3, -0.25) is 0 Å². The molecule has 0 bridgehead atoms. The Morgan fingerprint density at radius 1 is 1.35 bits per heavy atom. The number of hydrogen-bond donors (Lipinski definition) is 2. The molecule has 0 amide bonds. The van der Waals surface area contributed by atoms with Gasteiger partial charge in [0.15, 0.2) is 0 Å². The summed E-state index contributed by atoms with van der Waals surface area (Å²) in [5, 5.41) is 13.3. The molecule has 0 heterocycles. The van der Waals surface area contributed by atoms with E-state index in [1.807, 2.05) is 0 Å². The third-order valence-electron chi connectivity index (χ3n) is 4.25. The number of hydrogen-bond acceptors (Lipinski definition) is 3. The number of unbranched alkanes of at least 4 members (excludes halogenated alkanes) is 1. The van der Waals surface area contributed by atoms with E-state index in [0.717, 1.165) is 19.4 Å². The summed E-state index contributed by atoms with van der Waals surface area (Å²) >= 11 is 0. The van der Waals surface area contributed by atoms with Crippen LogP contribution in [0.2, 0.25) is 0 Å². The molecule has 3 nitrogen and oxygen atoms in total. The molecule has 0 saturated heterocycles. The van der Waals surface area contributed by atoms with Gasteiger partial charge in [-0.25, -0.2) is 0 Å². The highest BCUT2D eigenvalue weighted by Crippen LogP contribution is 2.24. The van der Waals surface area contributed by atoms with Gasteiger partial charge in [-0.2, -0.15) is 0 Å². The molecule has 1 aliphatic rings. The van der Waals surface area contributed by atoms with Crippen molar-refractivity contribution in [3.63, 3.8) is 0 Å². The first-order valence-electron chi connectivity index (χ1n) is 8.27. The van der Waals surface area contributed by atoms with E-state index in [9.17, 15) is 5.11 Å². The van der Waals surface area contributed by atoms with E-state index in [2.05, 4.69) is 38.2 Å². The van der Waals surface area contributed by atoms with Crippen molar-refractivity contribution in [1.82, 2.24) is 5.32 Å². The SMILES string of the molecule is CCCCC(C)NCC(O)COCC1CC=CCC1C. The molecule has 0 radical (unpaired) electrons. The van der Waals surface area contributed by atoms with E-state index in [1.165, 1.54) is 19.3 Å². The van der Waals surface area contributed by atoms with Crippen molar-refractivity contribution in [2.75, 3.05) is 19.8 Å². The molecular formula is C17H33NO2. The second kappa shape index (κ2) is 10.4. The van der Waals surface area contributed by atoms with E-state index in [0.29, 0.717) is 31.0 Å². The van der Waals surface area contributed by atoms with Crippen molar-refractivity contribution in [2.24, 2.45) is 11.8 Å². The fourth-order valence-corrected chi connectivity index (χ4v) is 2.60. The number of rotatable bonds is 10. The van der Waals surface area contributed by atoms with Gasteiger partial charge in [-0.1, -0.05) is 38.8 Å². The van der Waals surface area contributed by atoms with E-state index in [1.54, 1.807) is 0 Å². The van der Waals surface area contributed by atoms with Gasteiger partial charge >= 0.3 is 0 Å². The molecule has 1 aliphatic carbocycles. The Balaban J connectivity index is 2.05. The average Bonchev–Trinajstić information content (AvgIpc) is 2.45. The maximum Gasteiger partial charge on any atom is 0.0897 e. The van der Waals surface area contributed by atoms with Gasteiger partial charge in [0.05, 0.1) is 19.3 Å². The van der Waals surface area contributed by atoms with Crippen LogP contribution in [-0.2, 0) is 4.74 Å². The molecule has 0 saturated carbocycles. The molecular weight excluding hydrogens is 250 g/mol.